The Kier molecular flexibility index (Phi) is 3.90. The summed E-state index contributed by atoms with van der Waals surface area (Å²) in [5.41, 5.74) is 0.872. The molecule has 1 aliphatic heterocycles. The number of nitrogens with zero attached hydrogens (tertiary/aromatic N) is 2. The molecular weight excluding hydrogens is 248 g/mol. The van der Waals surface area contributed by atoms with Crippen LogP contribution >= 0.6 is 11.3 Å². The lowest BCUT2D eigenvalue weighted by Gasteiger charge is -2.35. The number of rotatable bonds is 2. The van der Waals surface area contributed by atoms with E-state index in [2.05, 4.69) is 13.8 Å². The third-order valence-corrected chi connectivity index (χ3v) is 4.37. The van der Waals surface area contributed by atoms with Gasteiger partial charge in [0.2, 0.25) is 5.91 Å². The number of hydrogen-bond acceptors (Lipinski definition) is 3. The van der Waals surface area contributed by atoms with Crippen LogP contribution in [0, 0.1) is 18.8 Å². The van der Waals surface area contributed by atoms with Gasteiger partial charge in [-0.2, -0.15) is 0 Å². The van der Waals surface area contributed by atoms with Gasteiger partial charge in [0.25, 0.3) is 0 Å². The van der Waals surface area contributed by atoms with Crippen LogP contribution in [0.25, 0.3) is 0 Å². The average molecular weight is 268 g/mol. The van der Waals surface area contributed by atoms with Gasteiger partial charge < -0.3 is 4.90 Å². The normalized spacial score (nSPS) is 24.3. The molecule has 1 amide bonds. The molecule has 1 aromatic rings. The van der Waals surface area contributed by atoms with Crippen molar-refractivity contribution in [3.05, 3.63) is 20.7 Å². The molecule has 2 unspecified atom stereocenters. The van der Waals surface area contributed by atoms with Gasteiger partial charge in [0.15, 0.2) is 0 Å². The van der Waals surface area contributed by atoms with E-state index in [4.69, 9.17) is 0 Å². The molecule has 0 N–H and O–H groups in total. The zero-order valence-electron chi connectivity index (χ0n) is 11.2. The summed E-state index contributed by atoms with van der Waals surface area (Å²) >= 11 is 1.16. The van der Waals surface area contributed by atoms with Gasteiger partial charge in [0, 0.05) is 24.2 Å². The van der Waals surface area contributed by atoms with E-state index < -0.39 is 0 Å². The fourth-order valence-corrected chi connectivity index (χ4v) is 3.43. The molecule has 0 radical (unpaired) electrons. The number of thiazole rings is 1. The largest absolute Gasteiger partial charge is 0.341 e. The first-order chi connectivity index (χ1) is 8.47. The van der Waals surface area contributed by atoms with Crippen molar-refractivity contribution < 1.29 is 4.79 Å². The molecule has 1 fully saturated rings. The van der Waals surface area contributed by atoms with Crippen LogP contribution in [0.5, 0.6) is 0 Å². The zero-order valence-corrected chi connectivity index (χ0v) is 12.0. The Morgan fingerprint density at radius 3 is 2.50 bits per heavy atom. The molecule has 2 atom stereocenters. The van der Waals surface area contributed by atoms with Crippen LogP contribution in [-0.2, 0) is 11.3 Å². The number of piperidine rings is 1. The van der Waals surface area contributed by atoms with Crippen molar-refractivity contribution in [1.82, 2.24) is 9.47 Å². The lowest BCUT2D eigenvalue weighted by molar-refractivity contribution is -0.134. The van der Waals surface area contributed by atoms with Gasteiger partial charge in [-0.15, -0.1) is 0 Å². The molecule has 0 aromatic carbocycles. The van der Waals surface area contributed by atoms with Crippen molar-refractivity contribution in [3.63, 3.8) is 0 Å². The zero-order chi connectivity index (χ0) is 13.3. The second-order valence-corrected chi connectivity index (χ2v) is 6.29. The average Bonchev–Trinajstić information content (AvgIpc) is 2.59. The van der Waals surface area contributed by atoms with Crippen LogP contribution in [0.1, 0.15) is 26.0 Å². The van der Waals surface area contributed by atoms with Crippen LogP contribution in [0.15, 0.2) is 10.2 Å². The van der Waals surface area contributed by atoms with Gasteiger partial charge in [-0.3, -0.25) is 14.2 Å². The quantitative estimate of drug-likeness (QED) is 0.819. The minimum absolute atomic E-state index is 0.0426. The van der Waals surface area contributed by atoms with E-state index in [0.29, 0.717) is 11.8 Å². The van der Waals surface area contributed by atoms with E-state index in [1.165, 1.54) is 6.42 Å². The molecule has 0 aliphatic carbocycles. The molecule has 1 aliphatic rings. The molecule has 5 heteroatoms. The summed E-state index contributed by atoms with van der Waals surface area (Å²) in [6.07, 6.45) is 1.18. The van der Waals surface area contributed by atoms with Crippen LogP contribution in [-0.4, -0.2) is 28.5 Å². The number of hydrogen-bond donors (Lipinski definition) is 0. The van der Waals surface area contributed by atoms with Crippen LogP contribution in [0.3, 0.4) is 0 Å². The maximum Gasteiger partial charge on any atom is 0.307 e. The molecule has 1 saturated heterocycles. The van der Waals surface area contributed by atoms with Gasteiger partial charge in [-0.25, -0.2) is 0 Å². The van der Waals surface area contributed by atoms with Crippen molar-refractivity contribution in [2.75, 3.05) is 13.1 Å². The molecule has 0 saturated carbocycles. The van der Waals surface area contributed by atoms with E-state index in [-0.39, 0.29) is 17.3 Å². The maximum atomic E-state index is 12.2. The fraction of sp³-hybridized carbons (Fsp3) is 0.692. The molecule has 0 bridgehead atoms. The number of carbonyl (C=O) groups excluding carboxylic acids is 1. The van der Waals surface area contributed by atoms with Crippen molar-refractivity contribution >= 4 is 17.2 Å². The predicted molar refractivity (Wildman–Crippen MR) is 72.8 cm³/mol. The Balaban J connectivity index is 2.06. The van der Waals surface area contributed by atoms with Gasteiger partial charge in [0.1, 0.15) is 6.54 Å². The van der Waals surface area contributed by atoms with Crippen molar-refractivity contribution in [3.8, 4) is 0 Å². The summed E-state index contributed by atoms with van der Waals surface area (Å²) in [6.45, 7) is 8.05. The minimum atomic E-state index is -0.0426. The number of aryl methyl sites for hydroxylation is 1. The summed E-state index contributed by atoms with van der Waals surface area (Å²) in [7, 11) is 0. The first kappa shape index (κ1) is 13.3. The van der Waals surface area contributed by atoms with E-state index in [9.17, 15) is 9.59 Å². The molecule has 1 aromatic heterocycles. The van der Waals surface area contributed by atoms with E-state index in [1.807, 2.05) is 11.8 Å². The van der Waals surface area contributed by atoms with Crippen molar-refractivity contribution in [2.24, 2.45) is 11.8 Å². The fourth-order valence-electron chi connectivity index (χ4n) is 2.70. The second kappa shape index (κ2) is 5.26. The second-order valence-electron chi connectivity index (χ2n) is 5.47. The van der Waals surface area contributed by atoms with Gasteiger partial charge >= 0.3 is 4.87 Å². The standard InChI is InChI=1S/C13H20N2O2S/c1-9-4-10(2)6-14(5-9)12(16)7-15-11(3)8-18-13(15)17/h8-10H,4-7H2,1-3H3. The monoisotopic (exact) mass is 268 g/mol. The molecule has 18 heavy (non-hydrogen) atoms. The number of amides is 1. The van der Waals surface area contributed by atoms with E-state index >= 15 is 0 Å². The Bertz CT molecular complexity index is 481. The van der Waals surface area contributed by atoms with E-state index in [1.54, 1.807) is 9.95 Å². The smallest absolute Gasteiger partial charge is 0.307 e. The Hall–Kier alpha value is -1.10. The number of carbonyl (C=O) groups is 1. The highest BCUT2D eigenvalue weighted by atomic mass is 32.1. The SMILES string of the molecule is Cc1csc(=O)n1CC(=O)N1CC(C)CC(C)C1. The van der Waals surface area contributed by atoms with Gasteiger partial charge in [-0.1, -0.05) is 25.2 Å². The molecule has 100 valence electrons. The lowest BCUT2D eigenvalue weighted by atomic mass is 9.92. The minimum Gasteiger partial charge on any atom is -0.341 e. The first-order valence-corrected chi connectivity index (χ1v) is 7.28. The summed E-state index contributed by atoms with van der Waals surface area (Å²) in [6, 6.07) is 0. The predicted octanol–water partition coefficient (Wildman–Crippen LogP) is 1.72. The lowest BCUT2D eigenvalue weighted by Crippen LogP contribution is -2.44. The van der Waals surface area contributed by atoms with E-state index in [0.717, 1.165) is 30.1 Å². The molecule has 4 nitrogen and oxygen atoms in total. The summed E-state index contributed by atoms with van der Waals surface area (Å²) < 4.78 is 1.57. The number of aromatic nitrogens is 1. The topological polar surface area (TPSA) is 42.3 Å². The third kappa shape index (κ3) is 2.83. The van der Waals surface area contributed by atoms with Crippen LogP contribution in [0.4, 0.5) is 0 Å². The Morgan fingerprint density at radius 1 is 1.39 bits per heavy atom. The molecule has 0 spiro atoms. The van der Waals surface area contributed by atoms with Gasteiger partial charge in [0.05, 0.1) is 0 Å². The molecule has 2 rings (SSSR count). The Labute approximate surface area is 111 Å². The van der Waals surface area contributed by atoms with Crippen molar-refractivity contribution in [1.29, 1.82) is 0 Å². The van der Waals surface area contributed by atoms with Crippen LogP contribution < -0.4 is 4.87 Å². The first-order valence-electron chi connectivity index (χ1n) is 6.40. The summed E-state index contributed by atoms with van der Waals surface area (Å²) in [5.74, 6) is 1.17. The Morgan fingerprint density at radius 2 is 2.00 bits per heavy atom. The molecular formula is C13H20N2O2S. The highest BCUT2D eigenvalue weighted by Crippen LogP contribution is 2.21. The third-order valence-electron chi connectivity index (χ3n) is 3.49. The van der Waals surface area contributed by atoms with Crippen LogP contribution in [0.2, 0.25) is 0 Å². The van der Waals surface area contributed by atoms with Crippen molar-refractivity contribution in [2.45, 2.75) is 33.7 Å². The van der Waals surface area contributed by atoms with Gasteiger partial charge in [-0.05, 0) is 25.2 Å². The summed E-state index contributed by atoms with van der Waals surface area (Å²) in [4.78, 5) is 25.7. The highest BCUT2D eigenvalue weighted by molar-refractivity contribution is 7.07. The summed E-state index contributed by atoms with van der Waals surface area (Å²) in [5, 5.41) is 1.80. The molecule has 2 heterocycles. The number of likely N-dealkylation sites (tertiary alicyclic amines) is 1. The maximum absolute atomic E-state index is 12.2. The highest BCUT2D eigenvalue weighted by Gasteiger charge is 2.25.